The van der Waals surface area contributed by atoms with Crippen LogP contribution in [0, 0.1) is 0 Å². The molecule has 0 radical (unpaired) electrons. The van der Waals surface area contributed by atoms with Gasteiger partial charge in [-0.05, 0) is 38.5 Å². The number of unbranched alkanes of at least 4 members (excludes halogenated alkanes) is 11. The minimum atomic E-state index is -0.124. The average molecular weight is 340 g/mol. The largest absolute Gasteiger partial charge is 0.371 e. The molecule has 0 aliphatic rings. The van der Waals surface area contributed by atoms with Gasteiger partial charge in [-0.1, -0.05) is 77.4 Å². The second kappa shape index (κ2) is 20.2. The van der Waals surface area contributed by atoms with Gasteiger partial charge in [-0.25, -0.2) is 0 Å². The summed E-state index contributed by atoms with van der Waals surface area (Å²) in [5.74, 6) is -0.124. The summed E-state index contributed by atoms with van der Waals surface area (Å²) in [7, 11) is 0. The molecule has 0 atom stereocenters. The third-order valence-corrected chi connectivity index (χ3v) is 4.18. The molecule has 0 aromatic carbocycles. The van der Waals surface area contributed by atoms with Crippen molar-refractivity contribution < 1.29 is 9.63 Å². The Kier molecular flexibility index (Phi) is 19.5. The van der Waals surface area contributed by atoms with Gasteiger partial charge in [-0.15, -0.1) is 0 Å². The first-order valence-corrected chi connectivity index (χ1v) is 10.4. The van der Waals surface area contributed by atoms with E-state index in [2.05, 4.69) is 24.6 Å². The lowest BCUT2D eigenvalue weighted by molar-refractivity contribution is -0.151. The Labute approximate surface area is 150 Å². The zero-order valence-electron chi connectivity index (χ0n) is 16.3. The molecule has 0 unspecified atom stereocenters. The van der Waals surface area contributed by atoms with Crippen LogP contribution in [0.25, 0.3) is 0 Å². The van der Waals surface area contributed by atoms with Gasteiger partial charge in [0.2, 0.25) is 0 Å². The highest BCUT2D eigenvalue weighted by atomic mass is 16.7. The number of allylic oxidation sites excluding steroid dienone is 2. The molecule has 0 fully saturated rings. The number of hydrogen-bond acceptors (Lipinski definition) is 3. The molecule has 0 spiro atoms. The van der Waals surface area contributed by atoms with E-state index in [0.29, 0.717) is 6.42 Å². The fraction of sp³-hybridized carbons (Fsp3) is 0.857. The number of nitrogens with one attached hydrogen (secondary N) is 1. The van der Waals surface area contributed by atoms with Gasteiger partial charge in [0, 0.05) is 13.0 Å². The third kappa shape index (κ3) is 19.2. The van der Waals surface area contributed by atoms with Crippen LogP contribution >= 0.6 is 0 Å². The Morgan fingerprint density at radius 1 is 0.750 bits per heavy atom. The van der Waals surface area contributed by atoms with E-state index >= 15 is 0 Å². The first kappa shape index (κ1) is 23.2. The average Bonchev–Trinajstić information content (AvgIpc) is 2.58. The highest BCUT2D eigenvalue weighted by molar-refractivity contribution is 5.68. The lowest BCUT2D eigenvalue weighted by atomic mass is 10.1. The summed E-state index contributed by atoms with van der Waals surface area (Å²) in [6.07, 6.45) is 22.8. The summed E-state index contributed by atoms with van der Waals surface area (Å²) in [4.78, 5) is 16.3. The van der Waals surface area contributed by atoms with Crippen LogP contribution in [-0.2, 0) is 9.63 Å². The predicted molar refractivity (Wildman–Crippen MR) is 104 cm³/mol. The van der Waals surface area contributed by atoms with Crippen molar-refractivity contribution in [3.05, 3.63) is 12.2 Å². The molecule has 1 N–H and O–H groups in total. The maximum Gasteiger partial charge on any atom is 0.324 e. The first-order valence-electron chi connectivity index (χ1n) is 10.4. The van der Waals surface area contributed by atoms with Gasteiger partial charge in [0.05, 0.1) is 0 Å². The number of rotatable bonds is 18. The Morgan fingerprint density at radius 3 is 1.88 bits per heavy atom. The molecule has 0 aliphatic carbocycles. The molecule has 24 heavy (non-hydrogen) atoms. The van der Waals surface area contributed by atoms with E-state index in [9.17, 15) is 4.79 Å². The lowest BCUT2D eigenvalue weighted by Crippen LogP contribution is -2.20. The van der Waals surface area contributed by atoms with Gasteiger partial charge < -0.3 is 4.84 Å². The van der Waals surface area contributed by atoms with Crippen LogP contribution in [0.15, 0.2) is 12.2 Å². The molecule has 0 saturated heterocycles. The first-order chi connectivity index (χ1) is 11.8. The van der Waals surface area contributed by atoms with Crippen molar-refractivity contribution in [3.8, 4) is 0 Å². The van der Waals surface area contributed by atoms with Crippen LogP contribution in [0.4, 0.5) is 0 Å². The van der Waals surface area contributed by atoms with Crippen molar-refractivity contribution in [2.24, 2.45) is 0 Å². The van der Waals surface area contributed by atoms with Crippen molar-refractivity contribution >= 4 is 5.97 Å². The minimum absolute atomic E-state index is 0.124. The Morgan fingerprint density at radius 2 is 1.29 bits per heavy atom. The summed E-state index contributed by atoms with van der Waals surface area (Å²) in [6, 6.07) is 0. The quantitative estimate of drug-likeness (QED) is 0.176. The van der Waals surface area contributed by atoms with Crippen LogP contribution < -0.4 is 5.48 Å². The number of hydrogen-bond donors (Lipinski definition) is 1. The molecule has 0 saturated carbocycles. The van der Waals surface area contributed by atoms with Gasteiger partial charge in [-0.3, -0.25) is 4.79 Å². The highest BCUT2D eigenvalue weighted by Crippen LogP contribution is 2.10. The fourth-order valence-electron chi connectivity index (χ4n) is 2.62. The van der Waals surface area contributed by atoms with E-state index in [-0.39, 0.29) is 5.97 Å². The molecule has 0 rings (SSSR count). The monoisotopic (exact) mass is 339 g/mol. The van der Waals surface area contributed by atoms with Crippen molar-refractivity contribution in [1.82, 2.24) is 5.48 Å². The van der Waals surface area contributed by atoms with E-state index in [1.54, 1.807) is 0 Å². The van der Waals surface area contributed by atoms with E-state index in [1.165, 1.54) is 70.6 Å². The van der Waals surface area contributed by atoms with E-state index in [1.807, 2.05) is 6.92 Å². The van der Waals surface area contributed by atoms with Crippen LogP contribution in [0.5, 0.6) is 0 Å². The van der Waals surface area contributed by atoms with Crippen LogP contribution in [0.1, 0.15) is 110 Å². The van der Waals surface area contributed by atoms with Crippen molar-refractivity contribution in [2.45, 2.75) is 110 Å². The summed E-state index contributed by atoms with van der Waals surface area (Å²) < 4.78 is 0. The molecular weight excluding hydrogens is 298 g/mol. The van der Waals surface area contributed by atoms with Crippen LogP contribution in [0.3, 0.4) is 0 Å². The molecule has 0 amide bonds. The summed E-state index contributed by atoms with van der Waals surface area (Å²) in [5, 5.41) is 0. The Balaban J connectivity index is 3.16. The number of carbonyl (C=O) groups excluding carboxylic acids is 1. The van der Waals surface area contributed by atoms with Crippen LogP contribution in [0.2, 0.25) is 0 Å². The zero-order valence-corrected chi connectivity index (χ0v) is 16.3. The minimum Gasteiger partial charge on any atom is -0.371 e. The topological polar surface area (TPSA) is 38.3 Å². The SMILES string of the molecule is CCCCCCCC/C=C\CCCCCCCC(=O)ONCCC. The molecular formula is C21H41NO2. The fourth-order valence-corrected chi connectivity index (χ4v) is 2.62. The maximum absolute atomic E-state index is 11.4. The molecule has 3 nitrogen and oxygen atoms in total. The molecule has 0 aliphatic heterocycles. The molecule has 142 valence electrons. The summed E-state index contributed by atoms with van der Waals surface area (Å²) in [6.45, 7) is 5.05. The highest BCUT2D eigenvalue weighted by Gasteiger charge is 2.01. The van der Waals surface area contributed by atoms with Gasteiger partial charge in [0.25, 0.3) is 0 Å². The van der Waals surface area contributed by atoms with Crippen molar-refractivity contribution in [2.75, 3.05) is 6.54 Å². The lowest BCUT2D eigenvalue weighted by Gasteiger charge is -2.04. The number of carbonyl (C=O) groups is 1. The molecule has 0 bridgehead atoms. The second-order valence-corrected chi connectivity index (χ2v) is 6.70. The third-order valence-electron chi connectivity index (χ3n) is 4.18. The van der Waals surface area contributed by atoms with Crippen molar-refractivity contribution in [1.29, 1.82) is 0 Å². The molecule has 0 heterocycles. The Hall–Kier alpha value is -0.830. The smallest absolute Gasteiger partial charge is 0.324 e. The van der Waals surface area contributed by atoms with Crippen molar-refractivity contribution in [3.63, 3.8) is 0 Å². The molecule has 0 aromatic heterocycles. The van der Waals surface area contributed by atoms with E-state index in [4.69, 9.17) is 4.84 Å². The molecule has 3 heteroatoms. The van der Waals surface area contributed by atoms with Gasteiger partial charge in [0.15, 0.2) is 0 Å². The zero-order chi connectivity index (χ0) is 17.7. The van der Waals surface area contributed by atoms with E-state index in [0.717, 1.165) is 25.8 Å². The maximum atomic E-state index is 11.4. The summed E-state index contributed by atoms with van der Waals surface area (Å²) in [5.41, 5.74) is 2.68. The normalized spacial score (nSPS) is 11.2. The van der Waals surface area contributed by atoms with Gasteiger partial charge in [0.1, 0.15) is 0 Å². The summed E-state index contributed by atoms with van der Waals surface area (Å²) >= 11 is 0. The van der Waals surface area contributed by atoms with Gasteiger partial charge >= 0.3 is 5.97 Å². The standard InChI is InChI=1S/C21H41NO2/c1-3-5-6-7-8-9-10-11-12-13-14-15-16-17-18-19-21(23)24-22-20-4-2/h11-12,22H,3-10,13-20H2,1-2H3/b12-11-. The van der Waals surface area contributed by atoms with E-state index < -0.39 is 0 Å². The van der Waals surface area contributed by atoms with Crippen LogP contribution in [-0.4, -0.2) is 12.5 Å². The molecule has 0 aromatic rings. The predicted octanol–water partition coefficient (Wildman–Crippen LogP) is 6.48. The second-order valence-electron chi connectivity index (χ2n) is 6.70. The Bertz CT molecular complexity index is 290. The van der Waals surface area contributed by atoms with Gasteiger partial charge in [-0.2, -0.15) is 5.48 Å². The number of hydroxylamine groups is 1.